The van der Waals surface area contributed by atoms with E-state index in [0.29, 0.717) is 17.4 Å². The van der Waals surface area contributed by atoms with Gasteiger partial charge in [-0.05, 0) is 56.4 Å². The van der Waals surface area contributed by atoms with E-state index >= 15 is 0 Å². The molecule has 0 atom stereocenters. The van der Waals surface area contributed by atoms with Crippen molar-refractivity contribution in [2.24, 2.45) is 0 Å². The molecule has 0 aliphatic heterocycles. The maximum atomic E-state index is 13.6. The number of benzene rings is 1. The second-order valence-corrected chi connectivity index (χ2v) is 6.02. The summed E-state index contributed by atoms with van der Waals surface area (Å²) in [4.78, 5) is 18.1. The Morgan fingerprint density at radius 2 is 2.17 bits per heavy atom. The molecule has 1 aromatic carbocycles. The molecule has 0 saturated carbocycles. The van der Waals surface area contributed by atoms with E-state index in [1.165, 1.54) is 30.5 Å². The lowest BCUT2D eigenvalue weighted by Gasteiger charge is -2.24. The van der Waals surface area contributed by atoms with Crippen molar-refractivity contribution in [2.45, 2.75) is 39.0 Å². The van der Waals surface area contributed by atoms with E-state index in [0.717, 1.165) is 24.9 Å². The highest BCUT2D eigenvalue weighted by molar-refractivity contribution is 6.01. The summed E-state index contributed by atoms with van der Waals surface area (Å²) in [6.45, 7) is 2.18. The van der Waals surface area contributed by atoms with Crippen molar-refractivity contribution in [1.82, 2.24) is 4.98 Å². The van der Waals surface area contributed by atoms with Gasteiger partial charge in [-0.25, -0.2) is 4.39 Å². The van der Waals surface area contributed by atoms with Gasteiger partial charge in [-0.1, -0.05) is 11.6 Å². The number of halogens is 1. The number of hydrogen-bond donors (Lipinski definition) is 0. The van der Waals surface area contributed by atoms with Gasteiger partial charge in [0.25, 0.3) is 0 Å². The molecule has 1 heterocycles. The number of carbonyl (C=O) groups excluding carboxylic acids is 1. The Labute approximate surface area is 135 Å². The highest BCUT2D eigenvalue weighted by Gasteiger charge is 2.16. The van der Waals surface area contributed by atoms with Crippen LogP contribution in [0, 0.1) is 5.82 Å². The molecule has 0 bridgehead atoms. The summed E-state index contributed by atoms with van der Waals surface area (Å²) in [5.74, 6) is -0.344. The fraction of sp³-hybridized carbons (Fsp3) is 0.368. The molecule has 0 radical (unpaired) electrons. The lowest BCUT2D eigenvalue weighted by molar-refractivity contribution is -0.116. The van der Waals surface area contributed by atoms with E-state index < -0.39 is 0 Å². The van der Waals surface area contributed by atoms with Gasteiger partial charge in [0.2, 0.25) is 5.91 Å². The van der Waals surface area contributed by atoms with Crippen LogP contribution in [0.15, 0.2) is 42.1 Å². The quantitative estimate of drug-likeness (QED) is 0.772. The Bertz CT molecular complexity index is 754. The number of hydrogen-bond acceptors (Lipinski definition) is 2. The summed E-state index contributed by atoms with van der Waals surface area (Å²) in [5, 5.41) is 0.681. The number of aromatic nitrogens is 1. The zero-order valence-electron chi connectivity index (χ0n) is 13.4. The van der Waals surface area contributed by atoms with Crippen LogP contribution in [0.1, 0.15) is 39.0 Å². The first-order chi connectivity index (χ1) is 11.1. The number of carbonyl (C=O) groups is 1. The van der Waals surface area contributed by atoms with E-state index in [4.69, 9.17) is 0 Å². The second kappa shape index (κ2) is 6.90. The van der Waals surface area contributed by atoms with Gasteiger partial charge >= 0.3 is 0 Å². The fourth-order valence-electron chi connectivity index (χ4n) is 3.17. The number of allylic oxidation sites excluding steroid dienone is 1. The van der Waals surface area contributed by atoms with Gasteiger partial charge in [-0.2, -0.15) is 0 Å². The number of nitrogens with zero attached hydrogens (tertiary/aromatic N) is 2. The summed E-state index contributed by atoms with van der Waals surface area (Å²) < 4.78 is 13.6. The third-order valence-corrected chi connectivity index (χ3v) is 4.39. The molecule has 0 spiro atoms. The van der Waals surface area contributed by atoms with Gasteiger partial charge < -0.3 is 4.90 Å². The Kier molecular flexibility index (Phi) is 4.70. The van der Waals surface area contributed by atoms with E-state index in [1.54, 1.807) is 30.2 Å². The smallest absolute Gasteiger partial charge is 0.223 e. The first-order valence-corrected chi connectivity index (χ1v) is 8.15. The summed E-state index contributed by atoms with van der Waals surface area (Å²) in [5.41, 5.74) is 2.86. The van der Waals surface area contributed by atoms with Crippen LogP contribution >= 0.6 is 0 Å². The molecule has 1 aliphatic carbocycles. The Morgan fingerprint density at radius 1 is 1.30 bits per heavy atom. The van der Waals surface area contributed by atoms with Crippen molar-refractivity contribution in [3.05, 3.63) is 47.9 Å². The van der Waals surface area contributed by atoms with Crippen molar-refractivity contribution >= 4 is 22.5 Å². The van der Waals surface area contributed by atoms with Gasteiger partial charge in [0.1, 0.15) is 5.82 Å². The van der Waals surface area contributed by atoms with Crippen LogP contribution in [-0.2, 0) is 4.79 Å². The first kappa shape index (κ1) is 15.7. The second-order valence-electron chi connectivity index (χ2n) is 6.02. The lowest BCUT2D eigenvalue weighted by Crippen LogP contribution is -2.30. The van der Waals surface area contributed by atoms with E-state index in [-0.39, 0.29) is 11.7 Å². The summed E-state index contributed by atoms with van der Waals surface area (Å²) in [6.07, 6.45) is 9.59. The van der Waals surface area contributed by atoms with Crippen LogP contribution in [0.2, 0.25) is 0 Å². The van der Waals surface area contributed by atoms with E-state index in [1.807, 2.05) is 0 Å². The number of rotatable bonds is 4. The average molecular weight is 312 g/mol. The summed E-state index contributed by atoms with van der Waals surface area (Å²) >= 11 is 0. The number of anilines is 1. The molecule has 1 amide bonds. The summed E-state index contributed by atoms with van der Waals surface area (Å²) in [7, 11) is 0. The molecular formula is C19H21FN2O. The van der Waals surface area contributed by atoms with Gasteiger partial charge in [0.15, 0.2) is 0 Å². The maximum Gasteiger partial charge on any atom is 0.223 e. The molecule has 3 nitrogen and oxygen atoms in total. The lowest BCUT2D eigenvalue weighted by atomic mass is 9.97. The minimum absolute atomic E-state index is 0.0295. The molecule has 0 saturated heterocycles. The standard InChI is InChI=1S/C19H21FN2O/c1-14(23)22(12-10-15-5-3-2-4-6-15)19-9-11-21-18-8-7-16(20)13-17(18)19/h5,7-9,11,13H,2-4,6,10,12H2,1H3. The molecule has 3 rings (SSSR count). The molecule has 1 aliphatic rings. The molecule has 4 heteroatoms. The Balaban J connectivity index is 1.90. The van der Waals surface area contributed by atoms with Gasteiger partial charge in [-0.15, -0.1) is 0 Å². The van der Waals surface area contributed by atoms with Crippen molar-refractivity contribution in [1.29, 1.82) is 0 Å². The SMILES string of the molecule is CC(=O)N(CCC1=CCCCC1)c1ccnc2ccc(F)cc12. The molecule has 2 aromatic rings. The predicted octanol–water partition coefficient (Wildman–Crippen LogP) is 4.62. The predicted molar refractivity (Wildman–Crippen MR) is 90.9 cm³/mol. The molecule has 0 N–H and O–H groups in total. The zero-order chi connectivity index (χ0) is 16.2. The van der Waals surface area contributed by atoms with Crippen LogP contribution in [0.3, 0.4) is 0 Å². The molecule has 0 fully saturated rings. The monoisotopic (exact) mass is 312 g/mol. The maximum absolute atomic E-state index is 13.6. The van der Waals surface area contributed by atoms with E-state index in [2.05, 4.69) is 11.1 Å². The molecule has 120 valence electrons. The van der Waals surface area contributed by atoms with Crippen molar-refractivity contribution < 1.29 is 9.18 Å². The molecular weight excluding hydrogens is 291 g/mol. The van der Waals surface area contributed by atoms with Crippen LogP contribution in [0.25, 0.3) is 10.9 Å². The van der Waals surface area contributed by atoms with Gasteiger partial charge in [0, 0.05) is 25.1 Å². The van der Waals surface area contributed by atoms with Gasteiger partial charge in [-0.3, -0.25) is 9.78 Å². The van der Waals surface area contributed by atoms with Crippen molar-refractivity contribution in [3.63, 3.8) is 0 Å². The topological polar surface area (TPSA) is 33.2 Å². The van der Waals surface area contributed by atoms with Crippen LogP contribution in [0.5, 0.6) is 0 Å². The van der Waals surface area contributed by atoms with E-state index in [9.17, 15) is 9.18 Å². The average Bonchev–Trinajstić information content (AvgIpc) is 2.56. The van der Waals surface area contributed by atoms with Crippen molar-refractivity contribution in [3.8, 4) is 0 Å². The van der Waals surface area contributed by atoms with Crippen molar-refractivity contribution in [2.75, 3.05) is 11.4 Å². The number of amides is 1. The van der Waals surface area contributed by atoms with Crippen LogP contribution in [-0.4, -0.2) is 17.4 Å². The Morgan fingerprint density at radius 3 is 2.91 bits per heavy atom. The largest absolute Gasteiger partial charge is 0.312 e. The molecule has 23 heavy (non-hydrogen) atoms. The zero-order valence-corrected chi connectivity index (χ0v) is 13.4. The third-order valence-electron chi connectivity index (χ3n) is 4.39. The minimum atomic E-state index is -0.315. The first-order valence-electron chi connectivity index (χ1n) is 8.15. The summed E-state index contributed by atoms with van der Waals surface area (Å²) in [6, 6.07) is 6.28. The highest BCUT2D eigenvalue weighted by Crippen LogP contribution is 2.28. The third kappa shape index (κ3) is 3.58. The fourth-order valence-corrected chi connectivity index (χ4v) is 3.17. The number of pyridine rings is 1. The number of fused-ring (bicyclic) bond motifs is 1. The normalized spacial score (nSPS) is 14.6. The van der Waals surface area contributed by atoms with Crippen LogP contribution in [0.4, 0.5) is 10.1 Å². The van der Waals surface area contributed by atoms with Crippen LogP contribution < -0.4 is 4.90 Å². The minimum Gasteiger partial charge on any atom is -0.312 e. The molecule has 0 unspecified atom stereocenters. The highest BCUT2D eigenvalue weighted by atomic mass is 19.1. The molecule has 1 aromatic heterocycles. The Hall–Kier alpha value is -2.23. The van der Waals surface area contributed by atoms with Gasteiger partial charge in [0.05, 0.1) is 11.2 Å².